The van der Waals surface area contributed by atoms with Crippen LogP contribution in [0.4, 0.5) is 0 Å². The number of rotatable bonds is 6. The molecule has 0 saturated heterocycles. The third-order valence-electron chi connectivity index (χ3n) is 4.23. The van der Waals surface area contributed by atoms with Crippen molar-refractivity contribution in [2.45, 2.75) is 39.0 Å². The van der Waals surface area contributed by atoms with Crippen LogP contribution >= 0.6 is 0 Å². The summed E-state index contributed by atoms with van der Waals surface area (Å²) < 4.78 is 0. The number of para-hydroxylation sites is 1. The smallest absolute Gasteiger partial charge is 0.0708 e. The molecule has 0 unspecified atom stereocenters. The quantitative estimate of drug-likeness (QED) is 0.505. The van der Waals surface area contributed by atoms with Gasteiger partial charge in [-0.15, -0.1) is 0 Å². The molecule has 1 aromatic heterocycles. The van der Waals surface area contributed by atoms with Crippen LogP contribution in [0.2, 0.25) is 0 Å². The minimum Gasteiger partial charge on any atom is -0.256 e. The van der Waals surface area contributed by atoms with Crippen molar-refractivity contribution in [3.8, 4) is 11.1 Å². The molecule has 0 N–H and O–H groups in total. The van der Waals surface area contributed by atoms with Crippen LogP contribution in [0, 0.1) is 0 Å². The van der Waals surface area contributed by atoms with E-state index in [4.69, 9.17) is 0 Å². The van der Waals surface area contributed by atoms with Gasteiger partial charge in [-0.05, 0) is 41.7 Å². The van der Waals surface area contributed by atoms with Crippen LogP contribution in [-0.2, 0) is 6.42 Å². The highest BCUT2D eigenvalue weighted by Crippen LogP contribution is 2.27. The fourth-order valence-corrected chi connectivity index (χ4v) is 2.95. The van der Waals surface area contributed by atoms with E-state index in [1.165, 1.54) is 54.2 Å². The molecule has 1 nitrogen and oxygen atoms in total. The Morgan fingerprint density at radius 3 is 2.45 bits per heavy atom. The predicted octanol–water partition coefficient (Wildman–Crippen LogP) is 6.02. The van der Waals surface area contributed by atoms with Gasteiger partial charge in [0, 0.05) is 11.6 Å². The van der Waals surface area contributed by atoms with Crippen LogP contribution in [-0.4, -0.2) is 4.98 Å². The number of nitrogens with zero attached hydrogens (tertiary/aromatic N) is 1. The minimum atomic E-state index is 1.06. The highest BCUT2D eigenvalue weighted by molar-refractivity contribution is 5.94. The standard InChI is InChI=1S/C21H23N/c1-2-3-4-5-8-17-11-13-18(14-12-17)19-15-16-22-21-10-7-6-9-20(19)21/h6-7,9-16H,2-5,8H2,1H3. The first-order valence-corrected chi connectivity index (χ1v) is 8.31. The molecule has 1 heteroatoms. The molecule has 0 spiro atoms. The fourth-order valence-electron chi connectivity index (χ4n) is 2.95. The van der Waals surface area contributed by atoms with E-state index in [0.717, 1.165) is 5.52 Å². The van der Waals surface area contributed by atoms with Gasteiger partial charge in [-0.2, -0.15) is 0 Å². The maximum atomic E-state index is 4.44. The van der Waals surface area contributed by atoms with Gasteiger partial charge >= 0.3 is 0 Å². The second-order valence-corrected chi connectivity index (χ2v) is 5.88. The van der Waals surface area contributed by atoms with Crippen LogP contribution in [0.1, 0.15) is 38.2 Å². The first-order chi connectivity index (χ1) is 10.9. The highest BCUT2D eigenvalue weighted by atomic mass is 14.6. The summed E-state index contributed by atoms with van der Waals surface area (Å²) >= 11 is 0. The lowest BCUT2D eigenvalue weighted by atomic mass is 9.99. The van der Waals surface area contributed by atoms with Crippen molar-refractivity contribution in [3.05, 3.63) is 66.4 Å². The van der Waals surface area contributed by atoms with Gasteiger partial charge in [0.05, 0.1) is 5.52 Å². The maximum Gasteiger partial charge on any atom is 0.0708 e. The average molecular weight is 289 g/mol. The second-order valence-electron chi connectivity index (χ2n) is 5.88. The van der Waals surface area contributed by atoms with Crippen molar-refractivity contribution >= 4 is 10.9 Å². The summed E-state index contributed by atoms with van der Waals surface area (Å²) in [5.74, 6) is 0. The zero-order chi connectivity index (χ0) is 15.2. The Bertz CT molecular complexity index is 723. The summed E-state index contributed by atoms with van der Waals surface area (Å²) in [7, 11) is 0. The Kier molecular flexibility index (Phi) is 4.85. The van der Waals surface area contributed by atoms with Crippen LogP contribution in [0.25, 0.3) is 22.0 Å². The van der Waals surface area contributed by atoms with E-state index in [9.17, 15) is 0 Å². The number of hydrogen-bond donors (Lipinski definition) is 0. The maximum absolute atomic E-state index is 4.44. The monoisotopic (exact) mass is 289 g/mol. The number of pyridine rings is 1. The van der Waals surface area contributed by atoms with Crippen molar-refractivity contribution in [1.82, 2.24) is 4.98 Å². The molecule has 0 aliphatic rings. The molecule has 3 rings (SSSR count). The molecular weight excluding hydrogens is 266 g/mol. The molecule has 0 bridgehead atoms. The lowest BCUT2D eigenvalue weighted by Crippen LogP contribution is -1.87. The Hall–Kier alpha value is -2.15. The molecule has 3 aromatic rings. The summed E-state index contributed by atoms with van der Waals surface area (Å²) in [4.78, 5) is 4.44. The normalized spacial score (nSPS) is 11.0. The van der Waals surface area contributed by atoms with E-state index < -0.39 is 0 Å². The summed E-state index contributed by atoms with van der Waals surface area (Å²) in [6.45, 7) is 2.26. The molecule has 2 aromatic carbocycles. The lowest BCUT2D eigenvalue weighted by molar-refractivity contribution is 0.667. The molecule has 0 saturated carbocycles. The van der Waals surface area contributed by atoms with Crippen molar-refractivity contribution in [2.75, 3.05) is 0 Å². The zero-order valence-corrected chi connectivity index (χ0v) is 13.3. The highest BCUT2D eigenvalue weighted by Gasteiger charge is 2.04. The summed E-state index contributed by atoms with van der Waals surface area (Å²) in [6, 6.07) is 19.5. The van der Waals surface area contributed by atoms with E-state index in [1.54, 1.807) is 0 Å². The molecule has 0 aliphatic heterocycles. The van der Waals surface area contributed by atoms with Gasteiger partial charge in [0.1, 0.15) is 0 Å². The molecular formula is C21H23N. The van der Waals surface area contributed by atoms with Crippen molar-refractivity contribution in [3.63, 3.8) is 0 Å². The second kappa shape index (κ2) is 7.22. The summed E-state index contributed by atoms with van der Waals surface area (Å²) in [5, 5.41) is 1.22. The van der Waals surface area contributed by atoms with Gasteiger partial charge in [0.25, 0.3) is 0 Å². The molecule has 0 atom stereocenters. The number of unbranched alkanes of at least 4 members (excludes halogenated alkanes) is 3. The lowest BCUT2D eigenvalue weighted by Gasteiger charge is -2.07. The Morgan fingerprint density at radius 2 is 1.64 bits per heavy atom. The third kappa shape index (κ3) is 3.36. The van der Waals surface area contributed by atoms with Crippen molar-refractivity contribution in [1.29, 1.82) is 0 Å². The van der Waals surface area contributed by atoms with E-state index in [0.29, 0.717) is 0 Å². The zero-order valence-electron chi connectivity index (χ0n) is 13.3. The van der Waals surface area contributed by atoms with Crippen LogP contribution in [0.15, 0.2) is 60.8 Å². The van der Waals surface area contributed by atoms with Gasteiger partial charge in [-0.1, -0.05) is 68.7 Å². The third-order valence-corrected chi connectivity index (χ3v) is 4.23. The van der Waals surface area contributed by atoms with Crippen LogP contribution in [0.3, 0.4) is 0 Å². The van der Waals surface area contributed by atoms with E-state index in [-0.39, 0.29) is 0 Å². The first kappa shape index (κ1) is 14.8. The number of aromatic nitrogens is 1. The van der Waals surface area contributed by atoms with Crippen LogP contribution < -0.4 is 0 Å². The topological polar surface area (TPSA) is 12.9 Å². The van der Waals surface area contributed by atoms with E-state index in [2.05, 4.69) is 60.4 Å². The number of hydrogen-bond acceptors (Lipinski definition) is 1. The molecule has 0 amide bonds. The summed E-state index contributed by atoms with van der Waals surface area (Å²) in [5.41, 5.74) is 5.04. The van der Waals surface area contributed by atoms with E-state index >= 15 is 0 Å². The van der Waals surface area contributed by atoms with Gasteiger partial charge in [-0.3, -0.25) is 4.98 Å². The number of fused-ring (bicyclic) bond motifs is 1. The number of benzene rings is 2. The minimum absolute atomic E-state index is 1.06. The Balaban J connectivity index is 1.80. The largest absolute Gasteiger partial charge is 0.256 e. The molecule has 0 radical (unpaired) electrons. The molecule has 112 valence electrons. The molecule has 1 heterocycles. The Labute approximate surface area is 133 Å². The fraction of sp³-hybridized carbons (Fsp3) is 0.286. The first-order valence-electron chi connectivity index (χ1n) is 8.31. The molecule has 0 aliphatic carbocycles. The van der Waals surface area contributed by atoms with Gasteiger partial charge in [0.2, 0.25) is 0 Å². The van der Waals surface area contributed by atoms with Gasteiger partial charge in [-0.25, -0.2) is 0 Å². The molecule has 22 heavy (non-hydrogen) atoms. The molecule has 0 fully saturated rings. The number of aryl methyl sites for hydroxylation is 1. The van der Waals surface area contributed by atoms with Gasteiger partial charge < -0.3 is 0 Å². The summed E-state index contributed by atoms with van der Waals surface area (Å²) in [6.07, 6.45) is 8.38. The van der Waals surface area contributed by atoms with Gasteiger partial charge in [0.15, 0.2) is 0 Å². The van der Waals surface area contributed by atoms with Crippen molar-refractivity contribution in [2.24, 2.45) is 0 Å². The van der Waals surface area contributed by atoms with Crippen molar-refractivity contribution < 1.29 is 0 Å². The SMILES string of the molecule is CCCCCCc1ccc(-c2ccnc3ccccc23)cc1. The predicted molar refractivity (Wildman–Crippen MR) is 95.0 cm³/mol. The van der Waals surface area contributed by atoms with E-state index in [1.807, 2.05) is 12.3 Å². The Morgan fingerprint density at radius 1 is 0.818 bits per heavy atom. The van der Waals surface area contributed by atoms with Crippen LogP contribution in [0.5, 0.6) is 0 Å². The average Bonchev–Trinajstić information content (AvgIpc) is 2.59.